The molecule has 2 aromatic rings. The van der Waals surface area contributed by atoms with E-state index in [2.05, 4.69) is 19.8 Å². The number of furan rings is 1. The number of rotatable bonds is 4. The first kappa shape index (κ1) is 19.5. The molecule has 0 bridgehead atoms. The van der Waals surface area contributed by atoms with E-state index in [-0.39, 0.29) is 11.8 Å². The molecule has 0 spiro atoms. The maximum Gasteiger partial charge on any atom is 0.231 e. The van der Waals surface area contributed by atoms with Crippen molar-refractivity contribution in [3.8, 4) is 0 Å². The number of likely N-dealkylation sites (tertiary alicyclic amines) is 1. The van der Waals surface area contributed by atoms with Crippen molar-refractivity contribution in [1.82, 2.24) is 19.8 Å². The molecule has 5 rings (SSSR count). The molecule has 8 nitrogen and oxygen atoms in total. The third kappa shape index (κ3) is 3.70. The van der Waals surface area contributed by atoms with Gasteiger partial charge in [-0.1, -0.05) is 0 Å². The molecule has 3 saturated heterocycles. The molecular formula is C22H29N5O3. The van der Waals surface area contributed by atoms with Crippen LogP contribution in [0.2, 0.25) is 0 Å². The van der Waals surface area contributed by atoms with Crippen molar-refractivity contribution in [2.75, 3.05) is 57.4 Å². The number of fused-ring (bicyclic) bond motifs is 1. The van der Waals surface area contributed by atoms with Crippen LogP contribution in [0.3, 0.4) is 0 Å². The lowest BCUT2D eigenvalue weighted by Crippen LogP contribution is -2.52. The Morgan fingerprint density at radius 1 is 1.13 bits per heavy atom. The number of carbonyl (C=O) groups excluding carboxylic acids is 1. The van der Waals surface area contributed by atoms with Gasteiger partial charge in [0.15, 0.2) is 0 Å². The van der Waals surface area contributed by atoms with E-state index in [1.165, 1.54) is 0 Å². The normalized spacial score (nSPS) is 27.7. The molecule has 0 aliphatic carbocycles. The summed E-state index contributed by atoms with van der Waals surface area (Å²) in [5.41, 5.74) is -0.394. The largest absolute Gasteiger partial charge is 0.468 e. The second-order valence-electron chi connectivity index (χ2n) is 8.60. The molecule has 0 unspecified atom stereocenters. The number of nitrogens with zero attached hydrogens (tertiary/aromatic N) is 5. The summed E-state index contributed by atoms with van der Waals surface area (Å²) in [5.74, 6) is 2.21. The van der Waals surface area contributed by atoms with Gasteiger partial charge in [0.1, 0.15) is 5.76 Å². The van der Waals surface area contributed by atoms with Gasteiger partial charge < -0.3 is 19.0 Å². The van der Waals surface area contributed by atoms with Crippen molar-refractivity contribution in [3.05, 3.63) is 42.6 Å². The van der Waals surface area contributed by atoms with Crippen LogP contribution >= 0.6 is 0 Å². The standard InChI is InChI=1S/C22H29N5O3/c28-20(26-9-12-29-13-10-26)22-5-2-8-25(16-19-4-1-11-30-19)14-18(22)15-27(17-22)21-23-6-3-7-24-21/h1,3-4,6-7,11,18H,2,5,8-10,12-17H2/t18-,22-/m0/s1. The topological polar surface area (TPSA) is 74.9 Å². The summed E-state index contributed by atoms with van der Waals surface area (Å²) in [5, 5.41) is 0. The molecule has 160 valence electrons. The average molecular weight is 412 g/mol. The molecule has 0 aromatic carbocycles. The summed E-state index contributed by atoms with van der Waals surface area (Å²) in [6.07, 6.45) is 7.17. The van der Waals surface area contributed by atoms with Gasteiger partial charge in [-0.15, -0.1) is 0 Å². The average Bonchev–Trinajstić information content (AvgIpc) is 3.40. The van der Waals surface area contributed by atoms with E-state index in [1.54, 1.807) is 18.7 Å². The highest BCUT2D eigenvalue weighted by atomic mass is 16.5. The third-order valence-corrected chi connectivity index (χ3v) is 6.79. The van der Waals surface area contributed by atoms with Gasteiger partial charge in [-0.25, -0.2) is 9.97 Å². The Balaban J connectivity index is 1.42. The van der Waals surface area contributed by atoms with Gasteiger partial charge in [-0.2, -0.15) is 0 Å². The van der Waals surface area contributed by atoms with E-state index in [0.29, 0.717) is 32.8 Å². The number of amides is 1. The number of ether oxygens (including phenoxy) is 1. The van der Waals surface area contributed by atoms with Crippen LogP contribution in [-0.2, 0) is 16.1 Å². The van der Waals surface area contributed by atoms with Crippen LogP contribution in [-0.4, -0.2) is 78.2 Å². The molecular weight excluding hydrogens is 382 g/mol. The van der Waals surface area contributed by atoms with E-state index >= 15 is 0 Å². The summed E-state index contributed by atoms with van der Waals surface area (Å²) in [7, 11) is 0. The second kappa shape index (κ2) is 8.35. The summed E-state index contributed by atoms with van der Waals surface area (Å²) in [4.78, 5) is 29.5. The third-order valence-electron chi connectivity index (χ3n) is 6.79. The van der Waals surface area contributed by atoms with E-state index in [9.17, 15) is 4.79 Å². The molecule has 2 atom stereocenters. The molecule has 2 aromatic heterocycles. The van der Waals surface area contributed by atoms with Crippen LogP contribution in [0.4, 0.5) is 5.95 Å². The van der Waals surface area contributed by atoms with Gasteiger partial charge in [0.05, 0.1) is 31.4 Å². The second-order valence-corrected chi connectivity index (χ2v) is 8.60. The van der Waals surface area contributed by atoms with Crippen LogP contribution in [0, 0.1) is 11.3 Å². The van der Waals surface area contributed by atoms with Crippen molar-refractivity contribution in [1.29, 1.82) is 0 Å². The maximum atomic E-state index is 13.9. The number of anilines is 1. The molecule has 3 fully saturated rings. The Kier molecular flexibility index (Phi) is 5.43. The SMILES string of the molecule is O=C(N1CCOCC1)[C@]12CCCN(Cc3ccco3)C[C@H]1CN(c1ncccn1)C2. The fourth-order valence-corrected chi connectivity index (χ4v) is 5.32. The summed E-state index contributed by atoms with van der Waals surface area (Å²) < 4.78 is 11.1. The predicted octanol–water partition coefficient (Wildman–Crippen LogP) is 1.65. The molecule has 0 radical (unpaired) electrons. The number of aromatic nitrogens is 2. The zero-order chi connectivity index (χ0) is 20.4. The van der Waals surface area contributed by atoms with E-state index in [4.69, 9.17) is 9.15 Å². The summed E-state index contributed by atoms with van der Waals surface area (Å²) in [6.45, 7) is 6.76. The summed E-state index contributed by atoms with van der Waals surface area (Å²) in [6, 6.07) is 5.79. The minimum Gasteiger partial charge on any atom is -0.468 e. The first-order valence-corrected chi connectivity index (χ1v) is 10.9. The lowest BCUT2D eigenvalue weighted by Gasteiger charge is -2.38. The Labute approximate surface area is 176 Å². The fourth-order valence-electron chi connectivity index (χ4n) is 5.32. The van der Waals surface area contributed by atoms with Gasteiger partial charge in [-0.05, 0) is 37.6 Å². The zero-order valence-electron chi connectivity index (χ0n) is 17.3. The van der Waals surface area contributed by atoms with Crippen molar-refractivity contribution in [2.45, 2.75) is 19.4 Å². The minimum absolute atomic E-state index is 0.231. The molecule has 8 heteroatoms. The lowest BCUT2D eigenvalue weighted by atomic mass is 9.73. The Morgan fingerprint density at radius 2 is 1.97 bits per heavy atom. The van der Waals surface area contributed by atoms with E-state index in [0.717, 1.165) is 50.7 Å². The highest BCUT2D eigenvalue weighted by molar-refractivity contribution is 5.85. The molecule has 3 aliphatic rings. The smallest absolute Gasteiger partial charge is 0.231 e. The zero-order valence-corrected chi connectivity index (χ0v) is 17.3. The van der Waals surface area contributed by atoms with Crippen molar-refractivity contribution in [2.24, 2.45) is 11.3 Å². The first-order valence-electron chi connectivity index (χ1n) is 10.9. The number of morpholine rings is 1. The maximum absolute atomic E-state index is 13.9. The van der Waals surface area contributed by atoms with Crippen molar-refractivity contribution < 1.29 is 13.9 Å². The molecule has 1 amide bonds. The van der Waals surface area contributed by atoms with Gasteiger partial charge in [-0.3, -0.25) is 9.69 Å². The number of carbonyl (C=O) groups is 1. The molecule has 30 heavy (non-hydrogen) atoms. The monoisotopic (exact) mass is 411 g/mol. The van der Waals surface area contributed by atoms with Crippen LogP contribution in [0.15, 0.2) is 41.3 Å². The minimum atomic E-state index is -0.394. The van der Waals surface area contributed by atoms with Crippen molar-refractivity contribution in [3.63, 3.8) is 0 Å². The van der Waals surface area contributed by atoms with Gasteiger partial charge in [0.2, 0.25) is 11.9 Å². The van der Waals surface area contributed by atoms with E-state index in [1.807, 2.05) is 23.1 Å². The highest BCUT2D eigenvalue weighted by Gasteiger charge is 2.55. The van der Waals surface area contributed by atoms with Gasteiger partial charge >= 0.3 is 0 Å². The van der Waals surface area contributed by atoms with E-state index < -0.39 is 5.41 Å². The van der Waals surface area contributed by atoms with Crippen LogP contribution in [0.5, 0.6) is 0 Å². The van der Waals surface area contributed by atoms with Gasteiger partial charge in [0.25, 0.3) is 0 Å². The van der Waals surface area contributed by atoms with Gasteiger partial charge in [0, 0.05) is 51.0 Å². The first-order chi connectivity index (χ1) is 14.7. The Morgan fingerprint density at radius 3 is 2.73 bits per heavy atom. The fraction of sp³-hybridized carbons (Fsp3) is 0.591. The van der Waals surface area contributed by atoms with Crippen LogP contribution in [0.25, 0.3) is 0 Å². The van der Waals surface area contributed by atoms with Crippen molar-refractivity contribution >= 4 is 11.9 Å². The predicted molar refractivity (Wildman–Crippen MR) is 111 cm³/mol. The Bertz CT molecular complexity index is 840. The molecule has 5 heterocycles. The highest BCUT2D eigenvalue weighted by Crippen LogP contribution is 2.45. The summed E-state index contributed by atoms with van der Waals surface area (Å²) >= 11 is 0. The molecule has 0 saturated carbocycles. The van der Waals surface area contributed by atoms with Crippen LogP contribution < -0.4 is 4.90 Å². The van der Waals surface area contributed by atoms with Crippen LogP contribution in [0.1, 0.15) is 18.6 Å². The quantitative estimate of drug-likeness (QED) is 0.757. The molecule has 3 aliphatic heterocycles. The molecule has 0 N–H and O–H groups in total. The number of hydrogen-bond acceptors (Lipinski definition) is 7. The number of hydrogen-bond donors (Lipinski definition) is 0. The Hall–Kier alpha value is -2.45. The lowest BCUT2D eigenvalue weighted by molar-refractivity contribution is -0.148.